The lowest BCUT2D eigenvalue weighted by Gasteiger charge is -2.01. The van der Waals surface area contributed by atoms with E-state index in [0.29, 0.717) is 0 Å². The molecule has 2 aromatic carbocycles. The predicted molar refractivity (Wildman–Crippen MR) is 110 cm³/mol. The Hall–Kier alpha value is -2.50. The first-order valence-corrected chi connectivity index (χ1v) is 10.2. The van der Waals surface area contributed by atoms with Crippen molar-refractivity contribution < 1.29 is 4.74 Å². The van der Waals surface area contributed by atoms with Crippen LogP contribution in [0.4, 0.5) is 0 Å². The maximum absolute atomic E-state index is 5.30. The van der Waals surface area contributed by atoms with E-state index in [1.54, 1.807) is 29.8 Å². The monoisotopic (exact) mass is 378 g/mol. The standard InChI is InChI=1S/C21H18N2OS2/c1-3-14-7-9-15(10-8-14)18-12-25-20(22-18)21-23-19(13-26-21)16-5-4-6-17(11-16)24-2/h4-13H,3H2,1-2H3. The highest BCUT2D eigenvalue weighted by Gasteiger charge is 2.12. The number of thiazole rings is 2. The van der Waals surface area contributed by atoms with Crippen molar-refractivity contribution in [2.24, 2.45) is 0 Å². The van der Waals surface area contributed by atoms with E-state index in [1.165, 1.54) is 5.56 Å². The highest BCUT2D eigenvalue weighted by molar-refractivity contribution is 7.20. The van der Waals surface area contributed by atoms with Gasteiger partial charge in [-0.3, -0.25) is 0 Å². The van der Waals surface area contributed by atoms with Gasteiger partial charge in [-0.2, -0.15) is 0 Å². The van der Waals surface area contributed by atoms with E-state index in [4.69, 9.17) is 14.7 Å². The fourth-order valence-electron chi connectivity index (χ4n) is 2.70. The summed E-state index contributed by atoms with van der Waals surface area (Å²) < 4.78 is 5.30. The molecule has 130 valence electrons. The van der Waals surface area contributed by atoms with Gasteiger partial charge in [0.05, 0.1) is 18.5 Å². The van der Waals surface area contributed by atoms with Crippen molar-refractivity contribution in [2.45, 2.75) is 13.3 Å². The zero-order valence-corrected chi connectivity index (χ0v) is 16.2. The van der Waals surface area contributed by atoms with Crippen LogP contribution in [0.25, 0.3) is 32.5 Å². The number of hydrogen-bond donors (Lipinski definition) is 0. The first-order chi connectivity index (χ1) is 12.8. The Labute approximate surface area is 161 Å². The molecule has 0 bridgehead atoms. The van der Waals surface area contributed by atoms with Crippen LogP contribution in [-0.2, 0) is 6.42 Å². The van der Waals surface area contributed by atoms with Crippen molar-refractivity contribution in [3.8, 4) is 38.3 Å². The Morgan fingerprint density at radius 3 is 2.12 bits per heavy atom. The van der Waals surface area contributed by atoms with Gasteiger partial charge in [-0.05, 0) is 24.1 Å². The van der Waals surface area contributed by atoms with Crippen molar-refractivity contribution in [3.05, 3.63) is 64.9 Å². The number of methoxy groups -OCH3 is 1. The van der Waals surface area contributed by atoms with Gasteiger partial charge in [0.2, 0.25) is 0 Å². The summed E-state index contributed by atoms with van der Waals surface area (Å²) in [7, 11) is 1.68. The number of nitrogens with zero attached hydrogens (tertiary/aromatic N) is 2. The van der Waals surface area contributed by atoms with Crippen LogP contribution >= 0.6 is 22.7 Å². The SMILES string of the molecule is CCc1ccc(-c2csc(-c3nc(-c4cccc(OC)c4)cs3)n2)cc1. The van der Waals surface area contributed by atoms with Gasteiger partial charge in [-0.15, -0.1) is 22.7 Å². The molecule has 5 heteroatoms. The van der Waals surface area contributed by atoms with E-state index < -0.39 is 0 Å². The van der Waals surface area contributed by atoms with Gasteiger partial charge in [0.1, 0.15) is 5.75 Å². The summed E-state index contributed by atoms with van der Waals surface area (Å²) in [6.45, 7) is 2.17. The normalized spacial score (nSPS) is 10.8. The average Bonchev–Trinajstić information content (AvgIpc) is 3.38. The quantitative estimate of drug-likeness (QED) is 0.416. The Bertz CT molecular complexity index is 1020. The van der Waals surface area contributed by atoms with Crippen molar-refractivity contribution in [2.75, 3.05) is 7.11 Å². The second-order valence-electron chi connectivity index (χ2n) is 5.86. The first-order valence-electron chi connectivity index (χ1n) is 8.42. The fourth-order valence-corrected chi connectivity index (χ4v) is 4.41. The molecule has 0 atom stereocenters. The molecule has 0 spiro atoms. The third-order valence-corrected chi connectivity index (χ3v) is 6.04. The lowest BCUT2D eigenvalue weighted by molar-refractivity contribution is 0.415. The molecule has 4 aromatic rings. The Kier molecular flexibility index (Phi) is 4.82. The zero-order valence-electron chi connectivity index (χ0n) is 14.6. The summed E-state index contributed by atoms with van der Waals surface area (Å²) in [5.41, 5.74) is 5.50. The maximum Gasteiger partial charge on any atom is 0.152 e. The number of aryl methyl sites for hydroxylation is 1. The zero-order chi connectivity index (χ0) is 17.9. The molecule has 0 N–H and O–H groups in total. The van der Waals surface area contributed by atoms with Gasteiger partial charge >= 0.3 is 0 Å². The second kappa shape index (κ2) is 7.40. The lowest BCUT2D eigenvalue weighted by atomic mass is 10.1. The van der Waals surface area contributed by atoms with Crippen molar-refractivity contribution in [1.82, 2.24) is 9.97 Å². The van der Waals surface area contributed by atoms with E-state index >= 15 is 0 Å². The summed E-state index contributed by atoms with van der Waals surface area (Å²) >= 11 is 3.26. The van der Waals surface area contributed by atoms with E-state index in [0.717, 1.165) is 44.7 Å². The van der Waals surface area contributed by atoms with Gasteiger partial charge in [0.15, 0.2) is 10.0 Å². The van der Waals surface area contributed by atoms with Crippen LogP contribution in [0, 0.1) is 0 Å². The molecule has 0 fully saturated rings. The van der Waals surface area contributed by atoms with Crippen LogP contribution in [0.5, 0.6) is 5.75 Å². The van der Waals surface area contributed by atoms with Gasteiger partial charge in [-0.1, -0.05) is 43.3 Å². The minimum atomic E-state index is 0.837. The lowest BCUT2D eigenvalue weighted by Crippen LogP contribution is -1.84. The molecule has 4 rings (SSSR count). The topological polar surface area (TPSA) is 35.0 Å². The summed E-state index contributed by atoms with van der Waals surface area (Å²) in [4.78, 5) is 9.56. The minimum absolute atomic E-state index is 0.837. The van der Waals surface area contributed by atoms with Crippen molar-refractivity contribution in [1.29, 1.82) is 0 Å². The van der Waals surface area contributed by atoms with Crippen LogP contribution < -0.4 is 4.74 Å². The Balaban J connectivity index is 1.60. The van der Waals surface area contributed by atoms with Crippen molar-refractivity contribution >= 4 is 22.7 Å². The fraction of sp³-hybridized carbons (Fsp3) is 0.143. The van der Waals surface area contributed by atoms with Crippen LogP contribution in [0.2, 0.25) is 0 Å². The number of ether oxygens (including phenoxy) is 1. The molecule has 3 nitrogen and oxygen atoms in total. The Morgan fingerprint density at radius 2 is 1.50 bits per heavy atom. The molecule has 0 radical (unpaired) electrons. The largest absolute Gasteiger partial charge is 0.497 e. The minimum Gasteiger partial charge on any atom is -0.497 e. The van der Waals surface area contributed by atoms with Gasteiger partial charge in [0, 0.05) is 21.9 Å². The molecular formula is C21H18N2OS2. The molecule has 2 aromatic heterocycles. The van der Waals surface area contributed by atoms with Crippen LogP contribution in [0.3, 0.4) is 0 Å². The van der Waals surface area contributed by atoms with Crippen molar-refractivity contribution in [3.63, 3.8) is 0 Å². The molecule has 0 amide bonds. The van der Waals surface area contributed by atoms with E-state index in [2.05, 4.69) is 41.9 Å². The van der Waals surface area contributed by atoms with E-state index in [-0.39, 0.29) is 0 Å². The van der Waals surface area contributed by atoms with Gasteiger partial charge in [-0.25, -0.2) is 9.97 Å². The summed E-state index contributed by atoms with van der Waals surface area (Å²) in [5, 5.41) is 6.08. The molecule has 0 saturated carbocycles. The van der Waals surface area contributed by atoms with Gasteiger partial charge in [0.25, 0.3) is 0 Å². The summed E-state index contributed by atoms with van der Waals surface area (Å²) in [5.74, 6) is 0.837. The average molecular weight is 379 g/mol. The maximum atomic E-state index is 5.30. The van der Waals surface area contributed by atoms with Crippen LogP contribution in [0.15, 0.2) is 59.3 Å². The number of hydrogen-bond acceptors (Lipinski definition) is 5. The highest BCUT2D eigenvalue weighted by Crippen LogP contribution is 2.34. The highest BCUT2D eigenvalue weighted by atomic mass is 32.1. The Morgan fingerprint density at radius 1 is 0.846 bits per heavy atom. The van der Waals surface area contributed by atoms with Crippen LogP contribution in [0.1, 0.15) is 12.5 Å². The molecule has 0 saturated heterocycles. The summed E-state index contributed by atoms with van der Waals surface area (Å²) in [6, 6.07) is 16.6. The molecule has 2 heterocycles. The smallest absolute Gasteiger partial charge is 0.152 e. The molecule has 0 aliphatic rings. The van der Waals surface area contributed by atoms with Crippen LogP contribution in [-0.4, -0.2) is 17.1 Å². The van der Waals surface area contributed by atoms with Gasteiger partial charge < -0.3 is 4.74 Å². The predicted octanol–water partition coefficient (Wildman–Crippen LogP) is 6.17. The number of aromatic nitrogens is 2. The third-order valence-electron chi connectivity index (χ3n) is 4.21. The molecule has 0 aliphatic carbocycles. The molecule has 0 unspecified atom stereocenters. The first kappa shape index (κ1) is 16.9. The summed E-state index contributed by atoms with van der Waals surface area (Å²) in [6.07, 6.45) is 1.05. The third kappa shape index (κ3) is 3.41. The second-order valence-corrected chi connectivity index (χ2v) is 7.57. The molecule has 0 aliphatic heterocycles. The molecular weight excluding hydrogens is 360 g/mol. The van der Waals surface area contributed by atoms with E-state index in [1.807, 2.05) is 24.3 Å². The number of benzene rings is 2. The molecule has 26 heavy (non-hydrogen) atoms. The van der Waals surface area contributed by atoms with E-state index in [9.17, 15) is 0 Å². The number of rotatable bonds is 5.